The molecule has 0 spiro atoms. The maximum absolute atomic E-state index is 3.11. The van der Waals surface area contributed by atoms with Gasteiger partial charge in [0.2, 0.25) is 0 Å². The van der Waals surface area contributed by atoms with Crippen molar-refractivity contribution >= 4 is 0 Å². The zero-order valence-electron chi connectivity index (χ0n) is 5.39. The second-order valence-electron chi connectivity index (χ2n) is 2.28. The van der Waals surface area contributed by atoms with Gasteiger partial charge in [-0.15, -0.1) is 0 Å². The van der Waals surface area contributed by atoms with E-state index in [2.05, 4.69) is 30.4 Å². The topological polar surface area (TPSA) is 15.3 Å². The number of hydrogen-bond acceptors (Lipinski definition) is 2. The molecule has 1 N–H and O–H groups in total. The van der Waals surface area contributed by atoms with Crippen molar-refractivity contribution in [2.24, 2.45) is 0 Å². The Hall–Kier alpha value is -0.500. The summed E-state index contributed by atoms with van der Waals surface area (Å²) in [6.45, 7) is 5.37. The van der Waals surface area contributed by atoms with Gasteiger partial charge in [-0.25, -0.2) is 5.01 Å². The van der Waals surface area contributed by atoms with Gasteiger partial charge in [-0.3, -0.25) is 0 Å². The molecule has 0 bridgehead atoms. The van der Waals surface area contributed by atoms with Gasteiger partial charge in [0, 0.05) is 18.8 Å². The Balaban J connectivity index is 2.29. The number of nitrogens with zero attached hydrogens (tertiary/aromatic N) is 1. The lowest BCUT2D eigenvalue weighted by atomic mass is 10.4. The number of hydrogen-bond donors (Lipinski definition) is 1. The van der Waals surface area contributed by atoms with E-state index in [1.54, 1.807) is 0 Å². The molecule has 0 unspecified atom stereocenters. The summed E-state index contributed by atoms with van der Waals surface area (Å²) < 4.78 is 0. The molecule has 0 aromatic heterocycles. The molecule has 0 saturated carbocycles. The van der Waals surface area contributed by atoms with Gasteiger partial charge in [0.25, 0.3) is 0 Å². The van der Waals surface area contributed by atoms with Crippen molar-refractivity contribution in [2.75, 3.05) is 6.54 Å². The molecule has 1 heterocycles. The van der Waals surface area contributed by atoms with Gasteiger partial charge in [-0.05, 0) is 13.8 Å². The Morgan fingerprint density at radius 3 is 2.62 bits per heavy atom. The lowest BCUT2D eigenvalue weighted by Crippen LogP contribution is -2.36. The number of rotatable bonds is 1. The van der Waals surface area contributed by atoms with Gasteiger partial charge >= 0.3 is 0 Å². The molecule has 1 aliphatic rings. The van der Waals surface area contributed by atoms with Crippen LogP contribution in [0.4, 0.5) is 0 Å². The van der Waals surface area contributed by atoms with Crippen LogP contribution >= 0.6 is 0 Å². The molecule has 0 amide bonds. The molecule has 8 heavy (non-hydrogen) atoms. The minimum absolute atomic E-state index is 0.602. The van der Waals surface area contributed by atoms with Gasteiger partial charge in [-0.2, -0.15) is 0 Å². The van der Waals surface area contributed by atoms with Gasteiger partial charge in [0.15, 0.2) is 0 Å². The first-order valence-electron chi connectivity index (χ1n) is 2.98. The van der Waals surface area contributed by atoms with E-state index in [4.69, 9.17) is 0 Å². The van der Waals surface area contributed by atoms with Crippen LogP contribution in [0.2, 0.25) is 0 Å². The third-order valence-electron chi connectivity index (χ3n) is 1.28. The first kappa shape index (κ1) is 5.63. The molecule has 0 radical (unpaired) electrons. The summed E-state index contributed by atoms with van der Waals surface area (Å²) in [6, 6.07) is 0.602. The standard InChI is InChI=1S/C6H12N2/c1-6(2)8-5-3-4-7-8/h3-4,6-7H,5H2,1-2H3. The lowest BCUT2D eigenvalue weighted by Gasteiger charge is -2.19. The van der Waals surface area contributed by atoms with Crippen LogP contribution in [-0.4, -0.2) is 17.6 Å². The van der Waals surface area contributed by atoms with E-state index >= 15 is 0 Å². The highest BCUT2D eigenvalue weighted by Crippen LogP contribution is 1.97. The Bertz CT molecular complexity index is 88.7. The summed E-state index contributed by atoms with van der Waals surface area (Å²) >= 11 is 0. The summed E-state index contributed by atoms with van der Waals surface area (Å²) in [5.41, 5.74) is 3.11. The van der Waals surface area contributed by atoms with Crippen molar-refractivity contribution in [3.8, 4) is 0 Å². The predicted molar refractivity (Wildman–Crippen MR) is 34.1 cm³/mol. The summed E-state index contributed by atoms with van der Waals surface area (Å²) in [6.07, 6.45) is 4.08. The van der Waals surface area contributed by atoms with Crippen LogP contribution in [0.1, 0.15) is 13.8 Å². The van der Waals surface area contributed by atoms with Crippen LogP contribution in [-0.2, 0) is 0 Å². The molecular weight excluding hydrogens is 100 g/mol. The summed E-state index contributed by atoms with van der Waals surface area (Å²) in [7, 11) is 0. The van der Waals surface area contributed by atoms with Crippen LogP contribution in [0, 0.1) is 0 Å². The predicted octanol–water partition coefficient (Wildman–Crippen LogP) is 0.729. The monoisotopic (exact) mass is 112 g/mol. The Labute approximate surface area is 50.1 Å². The molecule has 0 fully saturated rings. The molecule has 46 valence electrons. The third kappa shape index (κ3) is 1.01. The summed E-state index contributed by atoms with van der Waals surface area (Å²) in [5.74, 6) is 0. The molecule has 2 heteroatoms. The average Bonchev–Trinajstić information content (AvgIpc) is 2.12. The van der Waals surface area contributed by atoms with E-state index in [-0.39, 0.29) is 0 Å². The minimum atomic E-state index is 0.602. The fourth-order valence-electron chi connectivity index (χ4n) is 0.727. The van der Waals surface area contributed by atoms with Crippen molar-refractivity contribution in [3.05, 3.63) is 12.3 Å². The fraction of sp³-hybridized carbons (Fsp3) is 0.667. The van der Waals surface area contributed by atoms with Crippen molar-refractivity contribution in [2.45, 2.75) is 19.9 Å². The van der Waals surface area contributed by atoms with Crippen LogP contribution in [0.25, 0.3) is 0 Å². The largest absolute Gasteiger partial charge is 0.326 e. The molecule has 0 aliphatic carbocycles. The quantitative estimate of drug-likeness (QED) is 0.538. The average molecular weight is 112 g/mol. The molecule has 0 saturated heterocycles. The summed E-state index contributed by atoms with van der Waals surface area (Å²) in [4.78, 5) is 0. The van der Waals surface area contributed by atoms with Crippen LogP contribution in [0.15, 0.2) is 12.3 Å². The van der Waals surface area contributed by atoms with E-state index in [9.17, 15) is 0 Å². The first-order chi connectivity index (χ1) is 3.80. The third-order valence-corrected chi connectivity index (χ3v) is 1.28. The van der Waals surface area contributed by atoms with Crippen molar-refractivity contribution in [3.63, 3.8) is 0 Å². The molecule has 0 atom stereocenters. The van der Waals surface area contributed by atoms with Crippen molar-refractivity contribution in [1.82, 2.24) is 10.4 Å². The Morgan fingerprint density at radius 1 is 1.62 bits per heavy atom. The second-order valence-corrected chi connectivity index (χ2v) is 2.28. The van der Waals surface area contributed by atoms with E-state index in [1.165, 1.54) is 0 Å². The normalized spacial score (nSPS) is 19.9. The maximum Gasteiger partial charge on any atom is 0.0379 e. The van der Waals surface area contributed by atoms with Gasteiger partial charge in [-0.1, -0.05) is 6.08 Å². The highest BCUT2D eigenvalue weighted by molar-refractivity contribution is 4.89. The molecule has 0 aromatic carbocycles. The van der Waals surface area contributed by atoms with E-state index in [0.29, 0.717) is 6.04 Å². The SMILES string of the molecule is CC(C)N1CC=CN1. The molecule has 1 aliphatic heterocycles. The first-order valence-corrected chi connectivity index (χ1v) is 2.98. The maximum atomic E-state index is 3.11. The Kier molecular flexibility index (Phi) is 1.53. The van der Waals surface area contributed by atoms with Gasteiger partial charge < -0.3 is 5.43 Å². The van der Waals surface area contributed by atoms with E-state index < -0.39 is 0 Å². The van der Waals surface area contributed by atoms with Crippen LogP contribution < -0.4 is 5.43 Å². The van der Waals surface area contributed by atoms with Gasteiger partial charge in [0.1, 0.15) is 0 Å². The molecule has 1 rings (SSSR count). The molecule has 2 nitrogen and oxygen atoms in total. The highest BCUT2D eigenvalue weighted by Gasteiger charge is 2.07. The second kappa shape index (κ2) is 2.18. The smallest absolute Gasteiger partial charge is 0.0379 e. The molecular formula is C6H12N2. The fourth-order valence-corrected chi connectivity index (χ4v) is 0.727. The van der Waals surface area contributed by atoms with E-state index in [0.717, 1.165) is 6.54 Å². The Morgan fingerprint density at radius 2 is 2.38 bits per heavy atom. The van der Waals surface area contributed by atoms with Crippen molar-refractivity contribution in [1.29, 1.82) is 0 Å². The zero-order chi connectivity index (χ0) is 5.98. The number of nitrogens with one attached hydrogen (secondary N) is 1. The molecule has 0 aromatic rings. The van der Waals surface area contributed by atoms with Crippen molar-refractivity contribution < 1.29 is 0 Å². The van der Waals surface area contributed by atoms with Crippen LogP contribution in [0.3, 0.4) is 0 Å². The van der Waals surface area contributed by atoms with E-state index in [1.807, 2.05) is 6.20 Å². The minimum Gasteiger partial charge on any atom is -0.326 e. The van der Waals surface area contributed by atoms with Gasteiger partial charge in [0.05, 0.1) is 0 Å². The zero-order valence-corrected chi connectivity index (χ0v) is 5.39. The lowest BCUT2D eigenvalue weighted by molar-refractivity contribution is 0.212. The highest BCUT2D eigenvalue weighted by atomic mass is 15.5. The van der Waals surface area contributed by atoms with Crippen LogP contribution in [0.5, 0.6) is 0 Å². The number of hydrazine groups is 1. The summed E-state index contributed by atoms with van der Waals surface area (Å²) in [5, 5.41) is 2.17.